The molecule has 2 aliphatic rings. The maximum absolute atomic E-state index is 13.0. The van der Waals surface area contributed by atoms with Crippen molar-refractivity contribution >= 4 is 34.1 Å². The van der Waals surface area contributed by atoms with E-state index in [2.05, 4.69) is 22.1 Å². The lowest BCUT2D eigenvalue weighted by Gasteiger charge is -2.32. The fourth-order valence-electron chi connectivity index (χ4n) is 4.12. The number of carbonyl (C=O) groups excluding carboxylic acids is 1. The largest absolute Gasteiger partial charge is 0.492 e. The van der Waals surface area contributed by atoms with Gasteiger partial charge in [-0.2, -0.15) is 0 Å². The van der Waals surface area contributed by atoms with E-state index in [-0.39, 0.29) is 11.8 Å². The number of fused-ring (bicyclic) bond motifs is 2. The van der Waals surface area contributed by atoms with Crippen molar-refractivity contribution in [1.82, 2.24) is 14.9 Å². The third-order valence-electron chi connectivity index (χ3n) is 5.60. The standard InChI is InChI=1S/C22H20ClN3O2/c23-17-3-4-20-15(11-17)10-16(13-28-20)22(27)26-8-5-14(6-9-26)19-12-25-21-18(19)2-1-7-24-21/h1-5,7,11-12,16H,6,8-10,13H2,(H,24,25). The molecule has 1 amide bonds. The van der Waals surface area contributed by atoms with Gasteiger partial charge >= 0.3 is 0 Å². The lowest BCUT2D eigenvalue weighted by atomic mass is 9.94. The average molecular weight is 394 g/mol. The molecule has 0 aliphatic carbocycles. The van der Waals surface area contributed by atoms with Crippen molar-refractivity contribution < 1.29 is 9.53 Å². The van der Waals surface area contributed by atoms with Crippen LogP contribution in [-0.2, 0) is 11.2 Å². The number of aromatic amines is 1. The van der Waals surface area contributed by atoms with E-state index in [4.69, 9.17) is 16.3 Å². The van der Waals surface area contributed by atoms with Gasteiger partial charge < -0.3 is 14.6 Å². The van der Waals surface area contributed by atoms with E-state index in [0.717, 1.165) is 35.3 Å². The van der Waals surface area contributed by atoms with Crippen molar-refractivity contribution in [3.8, 4) is 5.75 Å². The molecule has 0 spiro atoms. The highest BCUT2D eigenvalue weighted by molar-refractivity contribution is 6.30. The van der Waals surface area contributed by atoms with E-state index >= 15 is 0 Å². The lowest BCUT2D eigenvalue weighted by Crippen LogP contribution is -2.42. The molecule has 6 heteroatoms. The van der Waals surface area contributed by atoms with Crippen LogP contribution in [0.25, 0.3) is 16.6 Å². The normalized spacial score (nSPS) is 19.1. The number of hydrogen-bond acceptors (Lipinski definition) is 3. The van der Waals surface area contributed by atoms with Gasteiger partial charge in [0.05, 0.1) is 5.92 Å². The molecule has 0 radical (unpaired) electrons. The minimum Gasteiger partial charge on any atom is -0.492 e. The maximum Gasteiger partial charge on any atom is 0.229 e. The minimum absolute atomic E-state index is 0.154. The van der Waals surface area contributed by atoms with E-state index in [0.29, 0.717) is 24.6 Å². The molecule has 1 N–H and O–H groups in total. The van der Waals surface area contributed by atoms with Gasteiger partial charge in [0.1, 0.15) is 18.0 Å². The third-order valence-corrected chi connectivity index (χ3v) is 5.83. The van der Waals surface area contributed by atoms with Crippen LogP contribution in [0.2, 0.25) is 5.02 Å². The number of carbonyl (C=O) groups is 1. The van der Waals surface area contributed by atoms with Crippen molar-refractivity contribution in [2.75, 3.05) is 19.7 Å². The Kier molecular flexibility index (Phi) is 4.32. The summed E-state index contributed by atoms with van der Waals surface area (Å²) in [6.45, 7) is 1.77. The molecule has 2 aliphatic heterocycles. The molecule has 28 heavy (non-hydrogen) atoms. The van der Waals surface area contributed by atoms with Gasteiger partial charge in [-0.25, -0.2) is 4.98 Å². The second-order valence-electron chi connectivity index (χ2n) is 7.33. The lowest BCUT2D eigenvalue weighted by molar-refractivity contribution is -0.136. The van der Waals surface area contributed by atoms with Gasteiger partial charge in [-0.05, 0) is 54.3 Å². The minimum atomic E-state index is -0.154. The molecule has 5 rings (SSSR count). The number of ether oxygens (including phenoxy) is 1. The number of amides is 1. The molecule has 142 valence electrons. The predicted molar refractivity (Wildman–Crippen MR) is 109 cm³/mol. The smallest absolute Gasteiger partial charge is 0.229 e. The Bertz CT molecular complexity index is 1090. The molecule has 0 saturated heterocycles. The second kappa shape index (κ2) is 6.99. The van der Waals surface area contributed by atoms with Gasteiger partial charge in [0.2, 0.25) is 5.91 Å². The van der Waals surface area contributed by atoms with Gasteiger partial charge in [-0.15, -0.1) is 0 Å². The molecule has 1 aromatic carbocycles. The zero-order valence-electron chi connectivity index (χ0n) is 15.3. The topological polar surface area (TPSA) is 58.2 Å². The van der Waals surface area contributed by atoms with Gasteiger partial charge in [-0.1, -0.05) is 17.7 Å². The van der Waals surface area contributed by atoms with Crippen LogP contribution in [0.4, 0.5) is 0 Å². The molecule has 1 unspecified atom stereocenters. The second-order valence-corrected chi connectivity index (χ2v) is 7.77. The molecule has 2 aromatic heterocycles. The Morgan fingerprint density at radius 2 is 2.25 bits per heavy atom. The Morgan fingerprint density at radius 3 is 3.11 bits per heavy atom. The van der Waals surface area contributed by atoms with E-state index in [1.54, 1.807) is 6.20 Å². The van der Waals surface area contributed by atoms with Gasteiger partial charge in [0.15, 0.2) is 0 Å². The van der Waals surface area contributed by atoms with E-state index in [1.807, 2.05) is 35.4 Å². The zero-order chi connectivity index (χ0) is 19.1. The highest BCUT2D eigenvalue weighted by Gasteiger charge is 2.30. The van der Waals surface area contributed by atoms with Crippen LogP contribution in [0, 0.1) is 5.92 Å². The first-order valence-corrected chi connectivity index (χ1v) is 9.88. The predicted octanol–water partition coefficient (Wildman–Crippen LogP) is 4.08. The molecule has 1 atom stereocenters. The Balaban J connectivity index is 1.31. The number of pyridine rings is 1. The summed E-state index contributed by atoms with van der Waals surface area (Å²) in [6, 6.07) is 9.63. The zero-order valence-corrected chi connectivity index (χ0v) is 16.1. The molecular formula is C22H20ClN3O2. The van der Waals surface area contributed by atoms with Crippen LogP contribution in [0.15, 0.2) is 48.8 Å². The SMILES string of the molecule is O=C(C1COc2ccc(Cl)cc2C1)N1CC=C(c2c[nH]c3ncccc23)CC1. The number of hydrogen-bond donors (Lipinski definition) is 1. The summed E-state index contributed by atoms with van der Waals surface area (Å²) in [5.74, 6) is 0.835. The van der Waals surface area contributed by atoms with Crippen molar-refractivity contribution in [3.05, 3.63) is 65.0 Å². The summed E-state index contributed by atoms with van der Waals surface area (Å²) in [6.07, 6.45) is 7.47. The fourth-order valence-corrected chi connectivity index (χ4v) is 4.31. The highest BCUT2D eigenvalue weighted by atomic mass is 35.5. The Hall–Kier alpha value is -2.79. The average Bonchev–Trinajstić information content (AvgIpc) is 3.17. The van der Waals surface area contributed by atoms with Crippen LogP contribution in [0.1, 0.15) is 17.5 Å². The Labute approximate surface area is 168 Å². The first-order chi connectivity index (χ1) is 13.7. The summed E-state index contributed by atoms with van der Waals surface area (Å²) in [5, 5.41) is 1.80. The molecule has 0 saturated carbocycles. The first-order valence-electron chi connectivity index (χ1n) is 9.50. The van der Waals surface area contributed by atoms with Crippen LogP contribution in [-0.4, -0.2) is 40.5 Å². The van der Waals surface area contributed by atoms with Crippen molar-refractivity contribution in [3.63, 3.8) is 0 Å². The van der Waals surface area contributed by atoms with E-state index in [1.165, 1.54) is 11.1 Å². The molecule has 0 bridgehead atoms. The molecular weight excluding hydrogens is 374 g/mol. The molecule has 3 aromatic rings. The van der Waals surface area contributed by atoms with Gasteiger partial charge in [-0.3, -0.25) is 4.79 Å². The van der Waals surface area contributed by atoms with Crippen LogP contribution >= 0.6 is 11.6 Å². The van der Waals surface area contributed by atoms with E-state index < -0.39 is 0 Å². The monoisotopic (exact) mass is 393 g/mol. The summed E-state index contributed by atoms with van der Waals surface area (Å²) in [5.41, 5.74) is 4.35. The maximum atomic E-state index is 13.0. The third kappa shape index (κ3) is 3.06. The highest BCUT2D eigenvalue weighted by Crippen LogP contribution is 2.32. The number of halogens is 1. The van der Waals surface area contributed by atoms with Crippen molar-refractivity contribution in [2.24, 2.45) is 5.92 Å². The quantitative estimate of drug-likeness (QED) is 0.713. The van der Waals surface area contributed by atoms with Crippen molar-refractivity contribution in [2.45, 2.75) is 12.8 Å². The van der Waals surface area contributed by atoms with Crippen LogP contribution in [0.5, 0.6) is 5.75 Å². The number of nitrogens with zero attached hydrogens (tertiary/aromatic N) is 2. The van der Waals surface area contributed by atoms with E-state index in [9.17, 15) is 4.79 Å². The summed E-state index contributed by atoms with van der Waals surface area (Å²) in [4.78, 5) is 22.5. The summed E-state index contributed by atoms with van der Waals surface area (Å²) >= 11 is 6.09. The fraction of sp³-hybridized carbons (Fsp3) is 0.273. The van der Waals surface area contributed by atoms with Gasteiger partial charge in [0, 0.05) is 41.5 Å². The Morgan fingerprint density at radius 1 is 1.32 bits per heavy atom. The molecule has 5 nitrogen and oxygen atoms in total. The van der Waals surface area contributed by atoms with Crippen molar-refractivity contribution in [1.29, 1.82) is 0 Å². The number of H-pyrrole nitrogens is 1. The molecule has 4 heterocycles. The number of benzene rings is 1. The number of rotatable bonds is 2. The van der Waals surface area contributed by atoms with Gasteiger partial charge in [0.25, 0.3) is 0 Å². The summed E-state index contributed by atoms with van der Waals surface area (Å²) in [7, 11) is 0. The summed E-state index contributed by atoms with van der Waals surface area (Å²) < 4.78 is 5.80. The number of nitrogens with one attached hydrogen (secondary N) is 1. The number of aromatic nitrogens is 2. The van der Waals surface area contributed by atoms with Crippen LogP contribution < -0.4 is 4.74 Å². The molecule has 0 fully saturated rings. The first kappa shape index (κ1) is 17.3. The van der Waals surface area contributed by atoms with Crippen LogP contribution in [0.3, 0.4) is 0 Å².